The smallest absolute Gasteiger partial charge is 0.229 e. The zero-order chi connectivity index (χ0) is 15.5. The molecule has 0 unspecified atom stereocenters. The van der Waals surface area contributed by atoms with Crippen LogP contribution in [-0.4, -0.2) is 30.0 Å². The molecule has 1 aromatic carbocycles. The van der Waals surface area contributed by atoms with Gasteiger partial charge in [0, 0.05) is 31.7 Å². The number of fused-ring (bicyclic) bond motifs is 1. The van der Waals surface area contributed by atoms with E-state index in [1.54, 1.807) is 6.07 Å². The van der Waals surface area contributed by atoms with Gasteiger partial charge in [0.15, 0.2) is 5.13 Å². The van der Waals surface area contributed by atoms with Crippen molar-refractivity contribution in [2.45, 2.75) is 19.8 Å². The number of anilines is 2. The van der Waals surface area contributed by atoms with Crippen LogP contribution in [0.4, 0.5) is 10.8 Å². The highest BCUT2D eigenvalue weighted by Crippen LogP contribution is 2.29. The molecule has 0 saturated carbocycles. The van der Waals surface area contributed by atoms with Gasteiger partial charge in [-0.25, -0.2) is 4.98 Å². The van der Waals surface area contributed by atoms with Gasteiger partial charge in [-0.2, -0.15) is 0 Å². The first kappa shape index (κ1) is 14.9. The van der Waals surface area contributed by atoms with Gasteiger partial charge in [0.1, 0.15) is 0 Å². The van der Waals surface area contributed by atoms with Crippen molar-refractivity contribution in [3.05, 3.63) is 18.2 Å². The summed E-state index contributed by atoms with van der Waals surface area (Å²) in [6.07, 6.45) is 1.51. The minimum atomic E-state index is -0.114. The van der Waals surface area contributed by atoms with Crippen LogP contribution in [0.25, 0.3) is 10.2 Å². The van der Waals surface area contributed by atoms with Crippen molar-refractivity contribution in [3.63, 3.8) is 0 Å². The van der Waals surface area contributed by atoms with E-state index in [4.69, 9.17) is 4.74 Å². The monoisotopic (exact) mass is 319 g/mol. The third kappa shape index (κ3) is 3.42. The van der Waals surface area contributed by atoms with Crippen molar-refractivity contribution in [2.75, 3.05) is 23.8 Å². The summed E-state index contributed by atoms with van der Waals surface area (Å²) in [5.41, 5.74) is 1.53. The fraction of sp³-hybridized carbons (Fsp3) is 0.400. The summed E-state index contributed by atoms with van der Waals surface area (Å²) < 4.78 is 6.19. The average Bonchev–Trinajstić information content (AvgIpc) is 2.89. The van der Waals surface area contributed by atoms with Gasteiger partial charge in [0.2, 0.25) is 11.8 Å². The summed E-state index contributed by atoms with van der Waals surface area (Å²) in [6.45, 7) is 2.74. The molecule has 1 fully saturated rings. The van der Waals surface area contributed by atoms with Gasteiger partial charge >= 0.3 is 0 Å². The Kier molecular flexibility index (Phi) is 4.35. The third-order valence-electron chi connectivity index (χ3n) is 3.53. The van der Waals surface area contributed by atoms with Crippen molar-refractivity contribution < 1.29 is 14.3 Å². The van der Waals surface area contributed by atoms with Gasteiger partial charge in [0.05, 0.1) is 10.2 Å². The van der Waals surface area contributed by atoms with E-state index < -0.39 is 0 Å². The lowest BCUT2D eigenvalue weighted by Gasteiger charge is -2.20. The Balaban J connectivity index is 1.73. The molecule has 3 rings (SSSR count). The highest BCUT2D eigenvalue weighted by atomic mass is 32.1. The number of nitrogens with zero attached hydrogens (tertiary/aromatic N) is 1. The van der Waals surface area contributed by atoms with Crippen LogP contribution in [0.5, 0.6) is 0 Å². The predicted octanol–water partition coefficient (Wildman–Crippen LogP) is 2.62. The maximum absolute atomic E-state index is 12.2. The molecule has 2 amide bonds. The predicted molar refractivity (Wildman–Crippen MR) is 86.1 cm³/mol. The van der Waals surface area contributed by atoms with Gasteiger partial charge in [-0.1, -0.05) is 11.3 Å². The van der Waals surface area contributed by atoms with E-state index in [1.807, 2.05) is 12.1 Å². The minimum Gasteiger partial charge on any atom is -0.381 e. The molecule has 22 heavy (non-hydrogen) atoms. The van der Waals surface area contributed by atoms with Crippen LogP contribution < -0.4 is 10.6 Å². The summed E-state index contributed by atoms with van der Waals surface area (Å²) in [4.78, 5) is 27.7. The van der Waals surface area contributed by atoms with Crippen molar-refractivity contribution in [2.24, 2.45) is 5.92 Å². The average molecular weight is 319 g/mol. The quantitative estimate of drug-likeness (QED) is 0.911. The lowest BCUT2D eigenvalue weighted by atomic mass is 10.00. The Labute approximate surface area is 131 Å². The largest absolute Gasteiger partial charge is 0.381 e. The van der Waals surface area contributed by atoms with Crippen molar-refractivity contribution in [1.29, 1.82) is 0 Å². The molecule has 0 radical (unpaired) electrons. The molecule has 1 aliphatic rings. The van der Waals surface area contributed by atoms with Gasteiger partial charge in [-0.05, 0) is 31.0 Å². The second-order valence-electron chi connectivity index (χ2n) is 5.26. The molecule has 0 spiro atoms. The first-order chi connectivity index (χ1) is 10.6. The van der Waals surface area contributed by atoms with Crippen molar-refractivity contribution in [3.8, 4) is 0 Å². The number of ether oxygens (including phenoxy) is 1. The van der Waals surface area contributed by atoms with Crippen LogP contribution in [0.1, 0.15) is 19.8 Å². The number of aromatic nitrogens is 1. The highest BCUT2D eigenvalue weighted by molar-refractivity contribution is 7.22. The van der Waals surface area contributed by atoms with E-state index in [-0.39, 0.29) is 17.7 Å². The molecule has 0 atom stereocenters. The lowest BCUT2D eigenvalue weighted by molar-refractivity contribution is -0.122. The van der Waals surface area contributed by atoms with E-state index in [2.05, 4.69) is 15.6 Å². The number of carbonyl (C=O) groups excluding carboxylic acids is 2. The zero-order valence-electron chi connectivity index (χ0n) is 12.2. The molecule has 0 aliphatic carbocycles. The molecular formula is C15H17N3O3S. The zero-order valence-corrected chi connectivity index (χ0v) is 13.0. The Morgan fingerprint density at radius 3 is 2.77 bits per heavy atom. The van der Waals surface area contributed by atoms with Gasteiger partial charge < -0.3 is 15.4 Å². The molecule has 1 aromatic heterocycles. The Morgan fingerprint density at radius 2 is 2.05 bits per heavy atom. The number of hydrogen-bond acceptors (Lipinski definition) is 5. The number of rotatable bonds is 3. The normalized spacial score (nSPS) is 15.7. The van der Waals surface area contributed by atoms with E-state index >= 15 is 0 Å². The molecule has 1 aliphatic heterocycles. The second kappa shape index (κ2) is 6.41. The maximum atomic E-state index is 12.2. The Bertz CT molecular complexity index is 707. The number of carbonyl (C=O) groups is 2. The summed E-state index contributed by atoms with van der Waals surface area (Å²) >= 11 is 1.41. The first-order valence-corrected chi connectivity index (χ1v) is 8.00. The SMILES string of the molecule is CC(=O)Nc1ccc2nc(NC(=O)C3CCOCC3)sc2c1. The van der Waals surface area contributed by atoms with Crippen molar-refractivity contribution >= 4 is 44.2 Å². The minimum absolute atomic E-state index is 0.00398. The third-order valence-corrected chi connectivity index (χ3v) is 4.46. The van der Waals surface area contributed by atoms with Crippen LogP contribution in [-0.2, 0) is 14.3 Å². The summed E-state index contributed by atoms with van der Waals surface area (Å²) in [5, 5.41) is 6.21. The molecule has 0 bridgehead atoms. The summed E-state index contributed by atoms with van der Waals surface area (Å²) in [5.74, 6) is -0.114. The van der Waals surface area contributed by atoms with Gasteiger partial charge in [-0.3, -0.25) is 9.59 Å². The number of nitrogens with one attached hydrogen (secondary N) is 2. The van der Waals surface area contributed by atoms with Gasteiger partial charge in [-0.15, -0.1) is 0 Å². The lowest BCUT2D eigenvalue weighted by Crippen LogP contribution is -2.28. The molecule has 2 N–H and O–H groups in total. The van der Waals surface area contributed by atoms with Crippen LogP contribution in [0.2, 0.25) is 0 Å². The standard InChI is InChI=1S/C15H17N3O3S/c1-9(19)16-11-2-3-12-13(8-11)22-15(17-12)18-14(20)10-4-6-21-7-5-10/h2-3,8,10H,4-7H2,1H3,(H,16,19)(H,17,18,20). The first-order valence-electron chi connectivity index (χ1n) is 7.18. The van der Waals surface area contributed by atoms with Crippen molar-refractivity contribution in [1.82, 2.24) is 4.98 Å². The molecule has 2 aromatic rings. The van der Waals surface area contributed by atoms with Crippen LogP contribution in [0.3, 0.4) is 0 Å². The fourth-order valence-corrected chi connectivity index (χ4v) is 3.33. The number of amides is 2. The summed E-state index contributed by atoms with van der Waals surface area (Å²) in [7, 11) is 0. The number of benzene rings is 1. The molecular weight excluding hydrogens is 302 g/mol. The second-order valence-corrected chi connectivity index (χ2v) is 6.29. The molecule has 116 valence electrons. The molecule has 7 heteroatoms. The topological polar surface area (TPSA) is 80.3 Å². The molecule has 2 heterocycles. The van der Waals surface area contributed by atoms with Gasteiger partial charge in [0.25, 0.3) is 0 Å². The van der Waals surface area contributed by atoms with E-state index in [1.165, 1.54) is 18.3 Å². The number of thiazole rings is 1. The Morgan fingerprint density at radius 1 is 1.27 bits per heavy atom. The molecule has 6 nitrogen and oxygen atoms in total. The highest BCUT2D eigenvalue weighted by Gasteiger charge is 2.22. The Hall–Kier alpha value is -1.99. The van der Waals surface area contributed by atoms with Crippen LogP contribution in [0, 0.1) is 5.92 Å². The fourth-order valence-electron chi connectivity index (χ4n) is 2.43. The van der Waals surface area contributed by atoms with E-state index in [9.17, 15) is 9.59 Å². The molecule has 1 saturated heterocycles. The van der Waals surface area contributed by atoms with E-state index in [0.29, 0.717) is 18.3 Å². The van der Waals surface area contributed by atoms with E-state index in [0.717, 1.165) is 28.7 Å². The summed E-state index contributed by atoms with van der Waals surface area (Å²) in [6, 6.07) is 5.49. The van der Waals surface area contributed by atoms with Crippen LogP contribution >= 0.6 is 11.3 Å². The maximum Gasteiger partial charge on any atom is 0.229 e. The number of hydrogen-bond donors (Lipinski definition) is 2. The van der Waals surface area contributed by atoms with Crippen LogP contribution in [0.15, 0.2) is 18.2 Å².